The third-order valence-electron chi connectivity index (χ3n) is 1.80. The molecular formula is C8H19N3O2. The molecule has 0 aliphatic heterocycles. The number of nitrogens with two attached hydrogens (primary N) is 1. The molecule has 0 spiro atoms. The van der Waals surface area contributed by atoms with Crippen molar-refractivity contribution in [2.24, 2.45) is 10.9 Å². The summed E-state index contributed by atoms with van der Waals surface area (Å²) in [5.74, 6) is 0.238. The van der Waals surface area contributed by atoms with Gasteiger partial charge in [0.15, 0.2) is 0 Å². The van der Waals surface area contributed by atoms with Gasteiger partial charge in [0.1, 0.15) is 5.84 Å². The fourth-order valence-electron chi connectivity index (χ4n) is 0.996. The summed E-state index contributed by atoms with van der Waals surface area (Å²) in [4.78, 5) is 0. The predicted octanol–water partition coefficient (Wildman–Crippen LogP) is -0.126. The van der Waals surface area contributed by atoms with E-state index in [4.69, 9.17) is 16.0 Å². The van der Waals surface area contributed by atoms with Gasteiger partial charge in [-0.05, 0) is 19.8 Å². The van der Waals surface area contributed by atoms with Crippen LogP contribution in [-0.2, 0) is 0 Å². The maximum absolute atomic E-state index is 8.57. The number of aliphatic hydroxyl groups is 1. The second-order valence-corrected chi connectivity index (χ2v) is 3.06. The van der Waals surface area contributed by atoms with E-state index >= 15 is 0 Å². The average Bonchev–Trinajstić information content (AvgIpc) is 2.14. The van der Waals surface area contributed by atoms with Crippen LogP contribution in [-0.4, -0.2) is 35.3 Å². The molecule has 1 unspecified atom stereocenters. The van der Waals surface area contributed by atoms with E-state index in [2.05, 4.69) is 10.5 Å². The molecule has 13 heavy (non-hydrogen) atoms. The Balaban J connectivity index is 3.31. The molecule has 0 aliphatic carbocycles. The lowest BCUT2D eigenvalue weighted by atomic mass is 10.2. The number of hydrogen-bond donors (Lipinski definition) is 4. The highest BCUT2D eigenvalue weighted by Gasteiger charge is 2.00. The lowest BCUT2D eigenvalue weighted by Crippen LogP contribution is -2.30. The molecule has 0 heterocycles. The van der Waals surface area contributed by atoms with E-state index in [1.807, 2.05) is 6.92 Å². The van der Waals surface area contributed by atoms with Crippen molar-refractivity contribution >= 4 is 5.84 Å². The molecule has 5 heteroatoms. The van der Waals surface area contributed by atoms with Gasteiger partial charge in [0.2, 0.25) is 0 Å². The van der Waals surface area contributed by atoms with E-state index in [0.717, 1.165) is 12.8 Å². The number of aliphatic hydroxyl groups excluding tert-OH is 1. The molecule has 0 radical (unpaired) electrons. The maximum Gasteiger partial charge on any atom is 0.140 e. The van der Waals surface area contributed by atoms with Gasteiger partial charge < -0.3 is 21.4 Å². The minimum atomic E-state index is 0.228. The summed E-state index contributed by atoms with van der Waals surface area (Å²) >= 11 is 0. The number of nitrogens with zero attached hydrogens (tertiary/aromatic N) is 1. The molecule has 0 bridgehead atoms. The van der Waals surface area contributed by atoms with Crippen molar-refractivity contribution < 1.29 is 10.3 Å². The van der Waals surface area contributed by atoms with Crippen molar-refractivity contribution in [2.75, 3.05) is 13.2 Å². The van der Waals surface area contributed by atoms with Gasteiger partial charge in [0.25, 0.3) is 0 Å². The minimum absolute atomic E-state index is 0.228. The first kappa shape index (κ1) is 12.2. The average molecular weight is 189 g/mol. The monoisotopic (exact) mass is 189 g/mol. The van der Waals surface area contributed by atoms with Crippen LogP contribution >= 0.6 is 0 Å². The van der Waals surface area contributed by atoms with Crippen LogP contribution in [0.5, 0.6) is 0 Å². The van der Waals surface area contributed by atoms with Gasteiger partial charge in [0, 0.05) is 25.6 Å². The van der Waals surface area contributed by atoms with E-state index in [1.54, 1.807) is 0 Å². The van der Waals surface area contributed by atoms with E-state index in [1.165, 1.54) is 0 Å². The molecule has 0 aromatic heterocycles. The van der Waals surface area contributed by atoms with Gasteiger partial charge >= 0.3 is 0 Å². The van der Waals surface area contributed by atoms with Crippen molar-refractivity contribution in [1.82, 2.24) is 5.32 Å². The molecule has 1 atom stereocenters. The van der Waals surface area contributed by atoms with Crippen molar-refractivity contribution in [2.45, 2.75) is 32.2 Å². The largest absolute Gasteiger partial charge is 0.409 e. The third kappa shape index (κ3) is 7.55. The zero-order valence-corrected chi connectivity index (χ0v) is 8.03. The molecular weight excluding hydrogens is 170 g/mol. The summed E-state index contributed by atoms with van der Waals surface area (Å²) in [5.41, 5.74) is 5.28. The first-order chi connectivity index (χ1) is 6.20. The first-order valence-corrected chi connectivity index (χ1v) is 4.51. The second kappa shape index (κ2) is 7.82. The number of rotatable bonds is 7. The molecule has 78 valence electrons. The molecule has 0 amide bonds. The SMILES string of the molecule is CC(CCCO)NCCC(N)=NO. The van der Waals surface area contributed by atoms with Crippen molar-refractivity contribution in [3.05, 3.63) is 0 Å². The van der Waals surface area contributed by atoms with Crippen LogP contribution in [0.1, 0.15) is 26.2 Å². The Labute approximate surface area is 78.6 Å². The molecule has 0 aromatic rings. The zero-order valence-electron chi connectivity index (χ0n) is 8.03. The predicted molar refractivity (Wildman–Crippen MR) is 51.8 cm³/mol. The topological polar surface area (TPSA) is 90.9 Å². The number of oxime groups is 1. The first-order valence-electron chi connectivity index (χ1n) is 4.51. The van der Waals surface area contributed by atoms with E-state index in [-0.39, 0.29) is 12.4 Å². The second-order valence-electron chi connectivity index (χ2n) is 3.06. The molecule has 5 N–H and O–H groups in total. The van der Waals surface area contributed by atoms with Gasteiger partial charge in [-0.3, -0.25) is 0 Å². The number of amidine groups is 1. The van der Waals surface area contributed by atoms with Crippen LogP contribution in [0.25, 0.3) is 0 Å². The van der Waals surface area contributed by atoms with Crippen LogP contribution in [0.15, 0.2) is 5.16 Å². The van der Waals surface area contributed by atoms with Crippen LogP contribution in [0, 0.1) is 0 Å². The lowest BCUT2D eigenvalue weighted by Gasteiger charge is -2.12. The fourth-order valence-corrected chi connectivity index (χ4v) is 0.996. The number of nitrogens with one attached hydrogen (secondary N) is 1. The summed E-state index contributed by atoms with van der Waals surface area (Å²) < 4.78 is 0. The van der Waals surface area contributed by atoms with Crippen molar-refractivity contribution in [3.63, 3.8) is 0 Å². The smallest absolute Gasteiger partial charge is 0.140 e. The standard InChI is InChI=1S/C8H19N3O2/c1-7(3-2-6-12)10-5-4-8(9)11-13/h7,10,12-13H,2-6H2,1H3,(H2,9,11). The summed E-state index contributed by atoms with van der Waals surface area (Å²) in [6, 6.07) is 0.360. The molecule has 0 saturated carbocycles. The summed E-state index contributed by atoms with van der Waals surface area (Å²) in [6.45, 7) is 2.97. The van der Waals surface area contributed by atoms with Gasteiger partial charge in [0.05, 0.1) is 0 Å². The Morgan fingerprint density at radius 1 is 1.62 bits per heavy atom. The fraction of sp³-hybridized carbons (Fsp3) is 0.875. The van der Waals surface area contributed by atoms with Gasteiger partial charge in [-0.15, -0.1) is 0 Å². The molecule has 0 aliphatic rings. The van der Waals surface area contributed by atoms with Crippen LogP contribution in [0.2, 0.25) is 0 Å². The Morgan fingerprint density at radius 2 is 2.31 bits per heavy atom. The third-order valence-corrected chi connectivity index (χ3v) is 1.80. The quantitative estimate of drug-likeness (QED) is 0.194. The Hall–Kier alpha value is -0.810. The molecule has 0 saturated heterocycles. The highest BCUT2D eigenvalue weighted by molar-refractivity contribution is 5.79. The molecule has 5 nitrogen and oxygen atoms in total. The van der Waals surface area contributed by atoms with Crippen LogP contribution in [0.3, 0.4) is 0 Å². The number of hydrogen-bond acceptors (Lipinski definition) is 4. The minimum Gasteiger partial charge on any atom is -0.409 e. The van der Waals surface area contributed by atoms with E-state index < -0.39 is 0 Å². The zero-order chi connectivity index (χ0) is 10.1. The highest BCUT2D eigenvalue weighted by atomic mass is 16.4. The van der Waals surface area contributed by atoms with Gasteiger partial charge in [-0.1, -0.05) is 5.16 Å². The molecule has 0 rings (SSSR count). The Kier molecular flexibility index (Phi) is 7.33. The summed E-state index contributed by atoms with van der Waals surface area (Å²) in [7, 11) is 0. The lowest BCUT2D eigenvalue weighted by molar-refractivity contribution is 0.277. The summed E-state index contributed by atoms with van der Waals surface area (Å²) in [6.07, 6.45) is 2.28. The highest BCUT2D eigenvalue weighted by Crippen LogP contribution is 1.94. The van der Waals surface area contributed by atoms with Crippen LogP contribution in [0.4, 0.5) is 0 Å². The molecule has 0 aromatic carbocycles. The van der Waals surface area contributed by atoms with Crippen LogP contribution < -0.4 is 11.1 Å². The van der Waals surface area contributed by atoms with Gasteiger partial charge in [-0.25, -0.2) is 0 Å². The van der Waals surface area contributed by atoms with Gasteiger partial charge in [-0.2, -0.15) is 0 Å². The Morgan fingerprint density at radius 3 is 2.85 bits per heavy atom. The molecule has 0 fully saturated rings. The van der Waals surface area contributed by atoms with E-state index in [9.17, 15) is 0 Å². The Bertz CT molecular complexity index is 150. The van der Waals surface area contributed by atoms with Crippen molar-refractivity contribution in [3.8, 4) is 0 Å². The normalized spacial score (nSPS) is 14.5. The van der Waals surface area contributed by atoms with E-state index in [0.29, 0.717) is 19.0 Å². The maximum atomic E-state index is 8.57. The van der Waals surface area contributed by atoms with Crippen molar-refractivity contribution in [1.29, 1.82) is 0 Å². The summed E-state index contributed by atoms with van der Waals surface area (Å²) in [5, 5.41) is 22.9.